The number of rotatable bonds is 5. The molecular formula is C12H17NO5. The fourth-order valence-electron chi connectivity index (χ4n) is 1.41. The summed E-state index contributed by atoms with van der Waals surface area (Å²) in [6.45, 7) is 7.23. The first-order chi connectivity index (χ1) is 8.41. The van der Waals surface area contributed by atoms with E-state index in [4.69, 9.17) is 9.47 Å². The molecule has 1 rings (SSSR count). The Morgan fingerprint density at radius 1 is 1.56 bits per heavy atom. The molecule has 2 unspecified atom stereocenters. The number of hydrogen-bond donors (Lipinski definition) is 1. The Bertz CT molecular complexity index is 377. The summed E-state index contributed by atoms with van der Waals surface area (Å²) in [6.07, 6.45) is -0.815. The number of amides is 1. The van der Waals surface area contributed by atoms with Gasteiger partial charge in [0.2, 0.25) is 12.0 Å². The van der Waals surface area contributed by atoms with Gasteiger partial charge in [-0.2, -0.15) is 0 Å². The van der Waals surface area contributed by atoms with Gasteiger partial charge in [0, 0.05) is 18.0 Å². The van der Waals surface area contributed by atoms with Crippen molar-refractivity contribution in [3.8, 4) is 0 Å². The Balaban J connectivity index is 2.28. The third kappa shape index (κ3) is 3.87. The Kier molecular flexibility index (Phi) is 4.88. The van der Waals surface area contributed by atoms with Gasteiger partial charge in [-0.3, -0.25) is 9.59 Å². The monoisotopic (exact) mass is 255 g/mol. The zero-order chi connectivity index (χ0) is 13.7. The van der Waals surface area contributed by atoms with E-state index in [1.54, 1.807) is 13.8 Å². The molecule has 6 nitrogen and oxygen atoms in total. The molecule has 0 spiro atoms. The Hall–Kier alpha value is -1.85. The summed E-state index contributed by atoms with van der Waals surface area (Å²) in [5.74, 6) is -1.49. The minimum atomic E-state index is -0.825. The van der Waals surface area contributed by atoms with Crippen molar-refractivity contribution < 1.29 is 23.9 Å². The number of carbonyl (C=O) groups excluding carboxylic acids is 3. The maximum Gasteiger partial charge on any atom is 0.347 e. The zero-order valence-corrected chi connectivity index (χ0v) is 10.5. The van der Waals surface area contributed by atoms with Gasteiger partial charge < -0.3 is 14.8 Å². The van der Waals surface area contributed by atoms with Crippen molar-refractivity contribution in [2.24, 2.45) is 5.92 Å². The lowest BCUT2D eigenvalue weighted by atomic mass is 10.1. The molecule has 0 aromatic rings. The molecule has 0 bridgehead atoms. The summed E-state index contributed by atoms with van der Waals surface area (Å²) in [4.78, 5) is 33.8. The van der Waals surface area contributed by atoms with Crippen LogP contribution in [0.15, 0.2) is 12.2 Å². The first-order valence-electron chi connectivity index (χ1n) is 5.71. The third-order valence-electron chi connectivity index (χ3n) is 2.50. The summed E-state index contributed by atoms with van der Waals surface area (Å²) in [6, 6.07) is 0. The molecule has 0 aromatic heterocycles. The van der Waals surface area contributed by atoms with Gasteiger partial charge in [-0.05, 0) is 6.92 Å². The average Bonchev–Trinajstić information content (AvgIpc) is 2.60. The van der Waals surface area contributed by atoms with Gasteiger partial charge in [0.25, 0.3) is 0 Å². The molecule has 6 heteroatoms. The second-order valence-electron chi connectivity index (χ2n) is 4.30. The van der Waals surface area contributed by atoms with Crippen molar-refractivity contribution in [2.45, 2.75) is 26.4 Å². The quantitative estimate of drug-likeness (QED) is 0.559. The van der Waals surface area contributed by atoms with Crippen LogP contribution in [0.3, 0.4) is 0 Å². The van der Waals surface area contributed by atoms with Crippen LogP contribution in [-0.2, 0) is 23.9 Å². The van der Waals surface area contributed by atoms with Crippen LogP contribution >= 0.6 is 0 Å². The summed E-state index contributed by atoms with van der Waals surface area (Å²) >= 11 is 0. The molecule has 0 saturated carbocycles. The van der Waals surface area contributed by atoms with Crippen LogP contribution in [0.25, 0.3) is 0 Å². The standard InChI is InChI=1S/C12H17NO5/c1-7(2)11(15)13-5-4-9(14)18-10-8(3)6-17-12(10)16/h8,10H,1,4-6H2,2-3H3,(H,13,15). The minimum Gasteiger partial charge on any atom is -0.462 e. The number of cyclic esters (lactones) is 1. The van der Waals surface area contributed by atoms with Gasteiger partial charge in [-0.15, -0.1) is 0 Å². The SMILES string of the molecule is C=C(C)C(=O)NCCC(=O)OC1C(=O)OCC1C. The number of carbonyl (C=O) groups is 3. The van der Waals surface area contributed by atoms with Crippen LogP contribution in [0.2, 0.25) is 0 Å². The van der Waals surface area contributed by atoms with E-state index in [0.29, 0.717) is 5.57 Å². The molecule has 0 radical (unpaired) electrons. The molecule has 0 aromatic carbocycles. The van der Waals surface area contributed by atoms with Crippen LogP contribution in [0, 0.1) is 5.92 Å². The lowest BCUT2D eigenvalue weighted by Crippen LogP contribution is -2.31. The Labute approximate surface area is 105 Å². The summed E-state index contributed by atoms with van der Waals surface area (Å²) in [7, 11) is 0. The smallest absolute Gasteiger partial charge is 0.347 e. The Morgan fingerprint density at radius 3 is 2.72 bits per heavy atom. The van der Waals surface area contributed by atoms with Crippen LogP contribution in [0.1, 0.15) is 20.3 Å². The third-order valence-corrected chi connectivity index (χ3v) is 2.50. The molecule has 1 heterocycles. The number of ether oxygens (including phenoxy) is 2. The van der Waals surface area contributed by atoms with Gasteiger partial charge >= 0.3 is 11.9 Å². The van der Waals surface area contributed by atoms with Crippen LogP contribution < -0.4 is 5.32 Å². The van der Waals surface area contributed by atoms with E-state index >= 15 is 0 Å². The molecular weight excluding hydrogens is 238 g/mol. The fourth-order valence-corrected chi connectivity index (χ4v) is 1.41. The Morgan fingerprint density at radius 2 is 2.22 bits per heavy atom. The molecule has 1 fully saturated rings. The molecule has 1 aliphatic heterocycles. The number of esters is 2. The van der Waals surface area contributed by atoms with Crippen LogP contribution in [0.4, 0.5) is 0 Å². The van der Waals surface area contributed by atoms with E-state index in [1.165, 1.54) is 0 Å². The van der Waals surface area contributed by atoms with E-state index in [1.807, 2.05) is 0 Å². The zero-order valence-electron chi connectivity index (χ0n) is 10.5. The molecule has 1 aliphatic rings. The normalized spacial score (nSPS) is 22.2. The second-order valence-corrected chi connectivity index (χ2v) is 4.30. The first-order valence-corrected chi connectivity index (χ1v) is 5.71. The van der Waals surface area contributed by atoms with Gasteiger partial charge in [-0.1, -0.05) is 13.5 Å². The van der Waals surface area contributed by atoms with Gasteiger partial charge in [0.15, 0.2) is 0 Å². The predicted molar refractivity (Wildman–Crippen MR) is 62.4 cm³/mol. The van der Waals surface area contributed by atoms with E-state index in [-0.39, 0.29) is 31.4 Å². The maximum atomic E-state index is 11.4. The van der Waals surface area contributed by atoms with Crippen molar-refractivity contribution in [2.75, 3.05) is 13.2 Å². The minimum absolute atomic E-state index is 0.00944. The topological polar surface area (TPSA) is 81.7 Å². The highest BCUT2D eigenvalue weighted by Crippen LogP contribution is 2.18. The van der Waals surface area contributed by atoms with Gasteiger partial charge in [-0.25, -0.2) is 4.79 Å². The van der Waals surface area contributed by atoms with Crippen LogP contribution in [0.5, 0.6) is 0 Å². The molecule has 1 amide bonds. The molecule has 2 atom stereocenters. The highest BCUT2D eigenvalue weighted by molar-refractivity contribution is 5.92. The highest BCUT2D eigenvalue weighted by atomic mass is 16.6. The first kappa shape index (κ1) is 14.2. The van der Waals surface area contributed by atoms with E-state index in [2.05, 4.69) is 11.9 Å². The maximum absolute atomic E-state index is 11.4. The summed E-state index contributed by atoms with van der Waals surface area (Å²) in [5.41, 5.74) is 0.372. The van der Waals surface area contributed by atoms with Crippen LogP contribution in [-0.4, -0.2) is 37.1 Å². The van der Waals surface area contributed by atoms with E-state index in [9.17, 15) is 14.4 Å². The second kappa shape index (κ2) is 6.18. The molecule has 1 saturated heterocycles. The largest absolute Gasteiger partial charge is 0.462 e. The molecule has 100 valence electrons. The average molecular weight is 255 g/mol. The molecule has 1 N–H and O–H groups in total. The number of nitrogens with one attached hydrogen (secondary N) is 1. The van der Waals surface area contributed by atoms with Crippen molar-refractivity contribution in [3.63, 3.8) is 0 Å². The van der Waals surface area contributed by atoms with Gasteiger partial charge in [0.1, 0.15) is 0 Å². The molecule has 18 heavy (non-hydrogen) atoms. The van der Waals surface area contributed by atoms with Crippen molar-refractivity contribution in [3.05, 3.63) is 12.2 Å². The fraction of sp³-hybridized carbons (Fsp3) is 0.583. The number of hydrogen-bond acceptors (Lipinski definition) is 5. The molecule has 0 aliphatic carbocycles. The van der Waals surface area contributed by atoms with E-state index < -0.39 is 18.0 Å². The van der Waals surface area contributed by atoms with Crippen molar-refractivity contribution in [1.29, 1.82) is 0 Å². The van der Waals surface area contributed by atoms with Crippen molar-refractivity contribution >= 4 is 17.8 Å². The van der Waals surface area contributed by atoms with Crippen molar-refractivity contribution in [1.82, 2.24) is 5.32 Å². The van der Waals surface area contributed by atoms with Gasteiger partial charge in [0.05, 0.1) is 13.0 Å². The predicted octanol–water partition coefficient (Wildman–Crippen LogP) is 0.173. The lowest BCUT2D eigenvalue weighted by Gasteiger charge is -2.12. The summed E-state index contributed by atoms with van der Waals surface area (Å²) < 4.78 is 9.75. The van der Waals surface area contributed by atoms with E-state index in [0.717, 1.165) is 0 Å². The summed E-state index contributed by atoms with van der Waals surface area (Å²) in [5, 5.41) is 2.50. The lowest BCUT2D eigenvalue weighted by molar-refractivity contribution is -0.161. The highest BCUT2D eigenvalue weighted by Gasteiger charge is 2.36.